The average Bonchev–Trinajstić information content (AvgIpc) is 3.19. The third kappa shape index (κ3) is 41.7. The first-order valence-electron chi connectivity index (χ1n) is 24.1. The lowest BCUT2D eigenvalue weighted by Crippen LogP contribution is -2.45. The van der Waals surface area contributed by atoms with Crippen LogP contribution < -0.4 is 5.32 Å². The normalized spacial score (nSPS) is 14.0. The second kappa shape index (κ2) is 45.7. The van der Waals surface area contributed by atoms with E-state index in [4.69, 9.17) is 0 Å². The molecule has 0 bridgehead atoms. The molecular weight excluding hydrogens is 691 g/mol. The first-order chi connectivity index (χ1) is 27.5. The molecule has 0 aromatic heterocycles. The van der Waals surface area contributed by atoms with Crippen LogP contribution in [-0.2, 0) is 4.79 Å². The molecule has 0 heterocycles. The molecule has 5 nitrogen and oxygen atoms in total. The van der Waals surface area contributed by atoms with Gasteiger partial charge in [-0.1, -0.05) is 216 Å². The highest BCUT2D eigenvalue weighted by atomic mass is 16.3. The van der Waals surface area contributed by atoms with Gasteiger partial charge >= 0.3 is 0 Å². The molecular formula is C51H93NO4. The van der Waals surface area contributed by atoms with Crippen molar-refractivity contribution in [3.8, 4) is 0 Å². The number of hydrogen-bond acceptors (Lipinski definition) is 4. The van der Waals surface area contributed by atoms with Crippen molar-refractivity contribution in [2.24, 2.45) is 0 Å². The van der Waals surface area contributed by atoms with Crippen molar-refractivity contribution >= 4 is 5.91 Å². The number of aliphatic hydroxyl groups is 3. The van der Waals surface area contributed by atoms with E-state index in [-0.39, 0.29) is 18.9 Å². The van der Waals surface area contributed by atoms with Crippen LogP contribution >= 0.6 is 0 Å². The molecule has 5 heteroatoms. The molecule has 0 aromatic carbocycles. The number of hydrogen-bond donors (Lipinski definition) is 4. The molecule has 3 unspecified atom stereocenters. The summed E-state index contributed by atoms with van der Waals surface area (Å²) < 4.78 is 0. The Hall–Kier alpha value is -1.95. The van der Waals surface area contributed by atoms with Crippen LogP contribution in [0.15, 0.2) is 60.8 Å². The summed E-state index contributed by atoms with van der Waals surface area (Å²) in [6.07, 6.45) is 60.9. The zero-order chi connectivity index (χ0) is 40.8. The first kappa shape index (κ1) is 54.0. The highest BCUT2D eigenvalue weighted by molar-refractivity contribution is 5.76. The Labute approximate surface area is 348 Å². The van der Waals surface area contributed by atoms with Gasteiger partial charge in [0.1, 0.15) is 0 Å². The molecule has 0 radical (unpaired) electrons. The summed E-state index contributed by atoms with van der Waals surface area (Å²) in [5, 5.41) is 33.3. The second-order valence-electron chi connectivity index (χ2n) is 16.4. The minimum absolute atomic E-state index is 0.00448. The van der Waals surface area contributed by atoms with Crippen LogP contribution in [0.4, 0.5) is 0 Å². The molecule has 0 aliphatic rings. The molecule has 4 N–H and O–H groups in total. The molecule has 0 saturated heterocycles. The van der Waals surface area contributed by atoms with Crippen LogP contribution in [-0.4, -0.2) is 46.1 Å². The number of amides is 1. The van der Waals surface area contributed by atoms with Gasteiger partial charge in [-0.3, -0.25) is 4.79 Å². The molecule has 0 saturated carbocycles. The standard InChI is InChI=1S/C51H93NO4/c1-3-5-7-9-11-13-15-17-19-21-22-23-24-25-26-27-29-31-33-35-37-39-41-43-45-50(55)49(47-53)52-51(56)46-48(54)44-42-40-38-36-34-32-30-28-20-18-16-14-12-10-8-6-4-2/h12,14,16,18,27,29,35,37,43,45,48-50,53-55H,3-11,13,15,17,19-26,28,30-34,36,38-42,44,46-47H2,1-2H3,(H,52,56)/b14-12-,18-16-,29-27+,37-35+,45-43+. The Balaban J connectivity index is 3.72. The quantitative estimate of drug-likeness (QED) is 0.0282. The number of nitrogens with one attached hydrogen (secondary N) is 1. The van der Waals surface area contributed by atoms with E-state index in [9.17, 15) is 20.1 Å². The molecule has 0 aromatic rings. The predicted molar refractivity (Wildman–Crippen MR) is 245 cm³/mol. The second-order valence-corrected chi connectivity index (χ2v) is 16.4. The van der Waals surface area contributed by atoms with Crippen molar-refractivity contribution in [3.63, 3.8) is 0 Å². The lowest BCUT2D eigenvalue weighted by molar-refractivity contribution is -0.124. The molecule has 0 spiro atoms. The molecule has 326 valence electrons. The van der Waals surface area contributed by atoms with Crippen LogP contribution in [0, 0.1) is 0 Å². The van der Waals surface area contributed by atoms with E-state index >= 15 is 0 Å². The van der Waals surface area contributed by atoms with Crippen molar-refractivity contribution in [3.05, 3.63) is 60.8 Å². The summed E-state index contributed by atoms with van der Waals surface area (Å²) in [6, 6.07) is -0.772. The topological polar surface area (TPSA) is 89.8 Å². The highest BCUT2D eigenvalue weighted by Crippen LogP contribution is 2.15. The zero-order valence-corrected chi connectivity index (χ0v) is 37.0. The minimum atomic E-state index is -0.964. The van der Waals surface area contributed by atoms with Crippen molar-refractivity contribution in [1.29, 1.82) is 0 Å². The number of carbonyl (C=O) groups excluding carboxylic acids is 1. The average molecular weight is 784 g/mol. The summed E-state index contributed by atoms with van der Waals surface area (Å²) >= 11 is 0. The maximum Gasteiger partial charge on any atom is 0.222 e. The monoisotopic (exact) mass is 784 g/mol. The van der Waals surface area contributed by atoms with Gasteiger partial charge in [0.05, 0.1) is 31.3 Å². The van der Waals surface area contributed by atoms with Gasteiger partial charge in [0.15, 0.2) is 0 Å². The summed E-state index contributed by atoms with van der Waals surface area (Å²) in [5.41, 5.74) is 0. The van der Waals surface area contributed by atoms with E-state index in [2.05, 4.69) is 67.8 Å². The van der Waals surface area contributed by atoms with Crippen LogP contribution in [0.2, 0.25) is 0 Å². The zero-order valence-electron chi connectivity index (χ0n) is 37.0. The maximum atomic E-state index is 12.5. The van der Waals surface area contributed by atoms with Crippen LogP contribution in [0.3, 0.4) is 0 Å². The number of allylic oxidation sites excluding steroid dienone is 9. The minimum Gasteiger partial charge on any atom is -0.394 e. The number of aliphatic hydroxyl groups excluding tert-OH is 3. The van der Waals surface area contributed by atoms with Gasteiger partial charge < -0.3 is 20.6 Å². The molecule has 0 fully saturated rings. The van der Waals surface area contributed by atoms with Gasteiger partial charge in [0, 0.05) is 0 Å². The lowest BCUT2D eigenvalue weighted by Gasteiger charge is -2.21. The van der Waals surface area contributed by atoms with E-state index in [1.807, 2.05) is 6.08 Å². The van der Waals surface area contributed by atoms with E-state index in [1.165, 1.54) is 161 Å². The number of carbonyl (C=O) groups is 1. The van der Waals surface area contributed by atoms with Gasteiger partial charge in [0.25, 0.3) is 0 Å². The summed E-state index contributed by atoms with van der Waals surface area (Å²) in [5.74, 6) is -0.335. The van der Waals surface area contributed by atoms with Crippen molar-refractivity contribution in [2.45, 2.75) is 250 Å². The van der Waals surface area contributed by atoms with E-state index < -0.39 is 18.2 Å². The number of rotatable bonds is 43. The predicted octanol–water partition coefficient (Wildman–Crippen LogP) is 14.3. The molecule has 0 rings (SSSR count). The lowest BCUT2D eigenvalue weighted by atomic mass is 10.0. The summed E-state index contributed by atoms with van der Waals surface area (Å²) in [4.78, 5) is 12.5. The van der Waals surface area contributed by atoms with Crippen molar-refractivity contribution in [2.75, 3.05) is 6.61 Å². The van der Waals surface area contributed by atoms with Crippen LogP contribution in [0.1, 0.15) is 232 Å². The third-order valence-electron chi connectivity index (χ3n) is 10.8. The Kier molecular flexibility index (Phi) is 44.2. The summed E-state index contributed by atoms with van der Waals surface area (Å²) in [7, 11) is 0. The molecule has 1 amide bonds. The van der Waals surface area contributed by atoms with E-state index in [1.54, 1.807) is 6.08 Å². The third-order valence-corrected chi connectivity index (χ3v) is 10.8. The Morgan fingerprint density at radius 1 is 0.464 bits per heavy atom. The number of unbranched alkanes of at least 4 members (excludes halogenated alkanes) is 27. The highest BCUT2D eigenvalue weighted by Gasteiger charge is 2.20. The molecule has 0 aliphatic heterocycles. The maximum absolute atomic E-state index is 12.5. The molecule has 3 atom stereocenters. The van der Waals surface area contributed by atoms with Gasteiger partial charge in [-0.25, -0.2) is 0 Å². The van der Waals surface area contributed by atoms with Crippen molar-refractivity contribution in [1.82, 2.24) is 5.32 Å². The van der Waals surface area contributed by atoms with E-state index in [0.717, 1.165) is 44.9 Å². The Morgan fingerprint density at radius 2 is 0.821 bits per heavy atom. The van der Waals surface area contributed by atoms with E-state index in [0.29, 0.717) is 6.42 Å². The first-order valence-corrected chi connectivity index (χ1v) is 24.1. The molecule has 0 aliphatic carbocycles. The molecule has 56 heavy (non-hydrogen) atoms. The summed E-state index contributed by atoms with van der Waals surface area (Å²) in [6.45, 7) is 4.17. The van der Waals surface area contributed by atoms with Crippen molar-refractivity contribution < 1.29 is 20.1 Å². The Morgan fingerprint density at radius 3 is 1.29 bits per heavy atom. The fourth-order valence-electron chi connectivity index (χ4n) is 7.07. The van der Waals surface area contributed by atoms with Gasteiger partial charge in [-0.2, -0.15) is 0 Å². The van der Waals surface area contributed by atoms with Crippen LogP contribution in [0.25, 0.3) is 0 Å². The van der Waals surface area contributed by atoms with Gasteiger partial charge in [-0.05, 0) is 70.6 Å². The Bertz CT molecular complexity index is 954. The smallest absolute Gasteiger partial charge is 0.222 e. The fourth-order valence-corrected chi connectivity index (χ4v) is 7.07. The SMILES string of the molecule is CCCCC/C=C\C=C/CCCCCCCCCCC(O)CC(=O)NC(CO)C(O)/C=C/CC/C=C/CC/C=C/CCCCCCCCCCCCCCCC. The largest absolute Gasteiger partial charge is 0.394 e. The van der Waals surface area contributed by atoms with Crippen LogP contribution in [0.5, 0.6) is 0 Å². The van der Waals surface area contributed by atoms with Gasteiger partial charge in [-0.15, -0.1) is 0 Å². The van der Waals surface area contributed by atoms with Gasteiger partial charge in [0.2, 0.25) is 5.91 Å². The fraction of sp³-hybridized carbons (Fsp3) is 0.784.